The average Bonchev–Trinajstić information content (AvgIpc) is 2.80. The highest BCUT2D eigenvalue weighted by Gasteiger charge is 2.16. The lowest BCUT2D eigenvalue weighted by molar-refractivity contribution is 0.686. The van der Waals surface area contributed by atoms with Gasteiger partial charge in [0.05, 0.1) is 5.92 Å². The standard InChI is InChI=1S/C10H14N4/c1-14-6-5-13-10(14)8(7-11)9-3-2-4-12-9/h2-6,8,12H,7,11H2,1H3. The Morgan fingerprint density at radius 1 is 1.64 bits per heavy atom. The smallest absolute Gasteiger partial charge is 0.118 e. The van der Waals surface area contributed by atoms with Crippen LogP contribution >= 0.6 is 0 Å². The summed E-state index contributed by atoms with van der Waals surface area (Å²) in [4.78, 5) is 7.48. The normalized spacial score (nSPS) is 13.0. The minimum Gasteiger partial charge on any atom is -0.364 e. The van der Waals surface area contributed by atoms with E-state index in [1.165, 1.54) is 0 Å². The maximum atomic E-state index is 5.75. The molecule has 2 aromatic heterocycles. The predicted molar refractivity (Wildman–Crippen MR) is 54.9 cm³/mol. The van der Waals surface area contributed by atoms with Crippen molar-refractivity contribution in [3.8, 4) is 0 Å². The van der Waals surface area contributed by atoms with Crippen LogP contribution in [0.5, 0.6) is 0 Å². The van der Waals surface area contributed by atoms with Crippen molar-refractivity contribution >= 4 is 0 Å². The molecule has 1 unspecified atom stereocenters. The lowest BCUT2D eigenvalue weighted by atomic mass is 10.1. The monoisotopic (exact) mass is 190 g/mol. The van der Waals surface area contributed by atoms with Crippen molar-refractivity contribution in [2.24, 2.45) is 12.8 Å². The number of H-pyrrole nitrogens is 1. The van der Waals surface area contributed by atoms with Crippen LogP contribution in [-0.4, -0.2) is 21.1 Å². The number of hydrogen-bond donors (Lipinski definition) is 2. The van der Waals surface area contributed by atoms with Crippen molar-refractivity contribution in [2.45, 2.75) is 5.92 Å². The zero-order valence-corrected chi connectivity index (χ0v) is 8.14. The highest BCUT2D eigenvalue weighted by atomic mass is 15.0. The van der Waals surface area contributed by atoms with Gasteiger partial charge in [0, 0.05) is 37.9 Å². The van der Waals surface area contributed by atoms with Crippen LogP contribution in [0.25, 0.3) is 0 Å². The Balaban J connectivity index is 2.36. The van der Waals surface area contributed by atoms with Crippen LogP contribution in [-0.2, 0) is 7.05 Å². The Bertz CT molecular complexity index is 388. The summed E-state index contributed by atoms with van der Waals surface area (Å²) < 4.78 is 2.00. The number of nitrogens with one attached hydrogen (secondary N) is 1. The van der Waals surface area contributed by atoms with E-state index in [1.807, 2.05) is 36.1 Å². The molecule has 0 fully saturated rings. The number of nitrogens with zero attached hydrogens (tertiary/aromatic N) is 2. The lowest BCUT2D eigenvalue weighted by Crippen LogP contribution is -2.17. The number of hydrogen-bond acceptors (Lipinski definition) is 2. The highest BCUT2D eigenvalue weighted by molar-refractivity contribution is 5.19. The number of imidazole rings is 1. The Hall–Kier alpha value is -1.55. The van der Waals surface area contributed by atoms with Crippen molar-refractivity contribution in [1.82, 2.24) is 14.5 Å². The molecule has 1 atom stereocenters. The molecule has 4 heteroatoms. The van der Waals surface area contributed by atoms with E-state index in [4.69, 9.17) is 5.73 Å². The first-order chi connectivity index (χ1) is 6.83. The summed E-state index contributed by atoms with van der Waals surface area (Å²) in [5, 5.41) is 0. The van der Waals surface area contributed by atoms with Crippen LogP contribution in [0.3, 0.4) is 0 Å². The van der Waals surface area contributed by atoms with E-state index >= 15 is 0 Å². The van der Waals surface area contributed by atoms with E-state index < -0.39 is 0 Å². The number of aryl methyl sites for hydroxylation is 1. The first kappa shape index (κ1) is 9.02. The van der Waals surface area contributed by atoms with Crippen LogP contribution < -0.4 is 5.73 Å². The fourth-order valence-corrected chi connectivity index (χ4v) is 1.65. The van der Waals surface area contributed by atoms with Crippen molar-refractivity contribution in [1.29, 1.82) is 0 Å². The molecule has 0 saturated carbocycles. The second kappa shape index (κ2) is 3.67. The molecule has 2 rings (SSSR count). The summed E-state index contributed by atoms with van der Waals surface area (Å²) >= 11 is 0. The van der Waals surface area contributed by atoms with Gasteiger partial charge in [0.1, 0.15) is 5.82 Å². The summed E-state index contributed by atoms with van der Waals surface area (Å²) in [5.74, 6) is 1.15. The molecule has 0 aliphatic carbocycles. The Morgan fingerprint density at radius 2 is 2.50 bits per heavy atom. The zero-order valence-electron chi connectivity index (χ0n) is 8.14. The van der Waals surface area contributed by atoms with Gasteiger partial charge in [0.25, 0.3) is 0 Å². The number of nitrogens with two attached hydrogens (primary N) is 1. The molecule has 4 nitrogen and oxygen atoms in total. The van der Waals surface area contributed by atoms with E-state index in [2.05, 4.69) is 9.97 Å². The molecule has 2 aromatic rings. The summed E-state index contributed by atoms with van der Waals surface area (Å²) in [5.41, 5.74) is 6.86. The largest absolute Gasteiger partial charge is 0.364 e. The highest BCUT2D eigenvalue weighted by Crippen LogP contribution is 2.19. The summed E-state index contributed by atoms with van der Waals surface area (Å²) in [7, 11) is 1.98. The first-order valence-corrected chi connectivity index (χ1v) is 4.63. The third-order valence-corrected chi connectivity index (χ3v) is 2.40. The molecule has 0 aliphatic heterocycles. The molecule has 74 valence electrons. The quantitative estimate of drug-likeness (QED) is 0.753. The summed E-state index contributed by atoms with van der Waals surface area (Å²) in [6, 6.07) is 4.01. The zero-order chi connectivity index (χ0) is 9.97. The molecule has 0 saturated heterocycles. The SMILES string of the molecule is Cn1ccnc1C(CN)c1ccc[nH]1. The Morgan fingerprint density at radius 3 is 3.00 bits per heavy atom. The molecule has 14 heavy (non-hydrogen) atoms. The Labute approximate surface area is 82.8 Å². The molecule has 0 bridgehead atoms. The number of aromatic amines is 1. The molecule has 3 N–H and O–H groups in total. The van der Waals surface area contributed by atoms with Crippen LogP contribution in [0.15, 0.2) is 30.7 Å². The third-order valence-electron chi connectivity index (χ3n) is 2.40. The topological polar surface area (TPSA) is 59.6 Å². The van der Waals surface area contributed by atoms with Crippen molar-refractivity contribution in [3.05, 3.63) is 42.2 Å². The summed E-state index contributed by atoms with van der Waals surface area (Å²) in [6.07, 6.45) is 5.63. The van der Waals surface area contributed by atoms with Gasteiger partial charge >= 0.3 is 0 Å². The molecule has 0 aliphatic rings. The molecule has 2 heterocycles. The van der Waals surface area contributed by atoms with E-state index in [9.17, 15) is 0 Å². The van der Waals surface area contributed by atoms with Crippen LogP contribution in [0, 0.1) is 0 Å². The van der Waals surface area contributed by atoms with Crippen molar-refractivity contribution < 1.29 is 0 Å². The number of rotatable bonds is 3. The van der Waals surface area contributed by atoms with Gasteiger partial charge in [-0.25, -0.2) is 4.98 Å². The van der Waals surface area contributed by atoms with Gasteiger partial charge in [-0.1, -0.05) is 0 Å². The van der Waals surface area contributed by atoms with E-state index in [0.29, 0.717) is 6.54 Å². The van der Waals surface area contributed by atoms with Gasteiger partial charge in [0.15, 0.2) is 0 Å². The van der Waals surface area contributed by atoms with Crippen LogP contribution in [0.2, 0.25) is 0 Å². The fourth-order valence-electron chi connectivity index (χ4n) is 1.65. The minimum atomic E-state index is 0.157. The fraction of sp³-hybridized carbons (Fsp3) is 0.300. The number of aromatic nitrogens is 3. The molecule has 0 aromatic carbocycles. The molecule has 0 radical (unpaired) electrons. The maximum absolute atomic E-state index is 5.75. The van der Waals surface area contributed by atoms with Gasteiger partial charge in [-0.3, -0.25) is 0 Å². The van der Waals surface area contributed by atoms with Gasteiger partial charge in [-0.15, -0.1) is 0 Å². The molecule has 0 spiro atoms. The van der Waals surface area contributed by atoms with E-state index in [1.54, 1.807) is 6.20 Å². The second-order valence-electron chi connectivity index (χ2n) is 3.31. The second-order valence-corrected chi connectivity index (χ2v) is 3.31. The lowest BCUT2D eigenvalue weighted by Gasteiger charge is -2.12. The third kappa shape index (κ3) is 1.44. The summed E-state index contributed by atoms with van der Waals surface area (Å²) in [6.45, 7) is 0.561. The van der Waals surface area contributed by atoms with E-state index in [0.717, 1.165) is 11.5 Å². The predicted octanol–water partition coefficient (Wildman–Crippen LogP) is 0.839. The molecular formula is C10H14N4. The molecule has 0 amide bonds. The van der Waals surface area contributed by atoms with Crippen molar-refractivity contribution in [2.75, 3.05) is 6.54 Å². The van der Waals surface area contributed by atoms with E-state index in [-0.39, 0.29) is 5.92 Å². The van der Waals surface area contributed by atoms with Gasteiger partial charge in [-0.05, 0) is 12.1 Å². The molecular weight excluding hydrogens is 176 g/mol. The van der Waals surface area contributed by atoms with Gasteiger partial charge in [0.2, 0.25) is 0 Å². The van der Waals surface area contributed by atoms with Crippen LogP contribution in [0.4, 0.5) is 0 Å². The van der Waals surface area contributed by atoms with Gasteiger partial charge < -0.3 is 15.3 Å². The average molecular weight is 190 g/mol. The minimum absolute atomic E-state index is 0.157. The first-order valence-electron chi connectivity index (χ1n) is 4.63. The van der Waals surface area contributed by atoms with Gasteiger partial charge in [-0.2, -0.15) is 0 Å². The Kier molecular flexibility index (Phi) is 2.37. The van der Waals surface area contributed by atoms with Crippen LogP contribution in [0.1, 0.15) is 17.4 Å². The van der Waals surface area contributed by atoms with Crippen molar-refractivity contribution in [3.63, 3.8) is 0 Å². The maximum Gasteiger partial charge on any atom is 0.118 e.